The lowest BCUT2D eigenvalue weighted by Gasteiger charge is -2.60. The molecule has 0 saturated carbocycles. The molecule has 4 rings (SSSR count). The first-order valence-electron chi connectivity index (χ1n) is 8.04. The molecule has 2 aliphatic rings. The van der Waals surface area contributed by atoms with Gasteiger partial charge in [-0.3, -0.25) is 4.79 Å². The largest absolute Gasteiger partial charge is 0.447 e. The second-order valence-electron chi connectivity index (χ2n) is 6.60. The van der Waals surface area contributed by atoms with Crippen molar-refractivity contribution in [3.05, 3.63) is 71.8 Å². The molecule has 0 bridgehead atoms. The number of nitrogens with zero attached hydrogens (tertiary/aromatic N) is 1. The predicted molar refractivity (Wildman–Crippen MR) is 91.0 cm³/mol. The Bertz CT molecular complexity index is 832. The lowest BCUT2D eigenvalue weighted by atomic mass is 9.63. The molecule has 0 N–H and O–H groups in total. The Balaban J connectivity index is 1.93. The van der Waals surface area contributed by atoms with E-state index in [0.717, 1.165) is 5.56 Å². The molecule has 3 atom stereocenters. The molecular weight excluding hydrogens is 302 g/mol. The molecule has 0 aromatic heterocycles. The minimum Gasteiger partial charge on any atom is -0.447 e. The van der Waals surface area contributed by atoms with Crippen molar-refractivity contribution in [2.75, 3.05) is 0 Å². The van der Waals surface area contributed by atoms with E-state index in [-0.39, 0.29) is 5.78 Å². The number of Topliss-reactive ketones (excluding diaryl/α,β-unsaturated/α-hetero) is 1. The monoisotopic (exact) mass is 321 g/mol. The van der Waals surface area contributed by atoms with Gasteiger partial charge in [-0.1, -0.05) is 60.7 Å². The Morgan fingerprint density at radius 3 is 2.12 bits per heavy atom. The molecule has 0 unspecified atom stereocenters. The van der Waals surface area contributed by atoms with Gasteiger partial charge in [-0.05, 0) is 12.5 Å². The van der Waals surface area contributed by atoms with Crippen molar-refractivity contribution in [2.45, 2.75) is 37.7 Å². The number of ether oxygens (including phenoxy) is 2. The van der Waals surface area contributed by atoms with Crippen LogP contribution in [0.15, 0.2) is 65.7 Å². The minimum atomic E-state index is -1.19. The molecule has 24 heavy (non-hydrogen) atoms. The maximum Gasteiger partial charge on any atom is 0.239 e. The molecule has 2 aliphatic heterocycles. The van der Waals surface area contributed by atoms with E-state index in [1.54, 1.807) is 6.92 Å². The van der Waals surface area contributed by atoms with Gasteiger partial charge < -0.3 is 9.47 Å². The number of aliphatic imine (C=N–C) groups is 1. The quantitative estimate of drug-likeness (QED) is 0.810. The van der Waals surface area contributed by atoms with Crippen LogP contribution in [0.2, 0.25) is 0 Å². The molecule has 122 valence electrons. The van der Waals surface area contributed by atoms with E-state index in [9.17, 15) is 4.79 Å². The van der Waals surface area contributed by atoms with Crippen LogP contribution in [0.5, 0.6) is 0 Å². The molecule has 1 saturated heterocycles. The number of benzene rings is 2. The fourth-order valence-corrected chi connectivity index (χ4v) is 3.89. The van der Waals surface area contributed by atoms with Crippen LogP contribution in [0.4, 0.5) is 0 Å². The van der Waals surface area contributed by atoms with Crippen LogP contribution in [0.1, 0.15) is 36.7 Å². The summed E-state index contributed by atoms with van der Waals surface area (Å²) in [5.74, 6) is -0.493. The van der Waals surface area contributed by atoms with Crippen molar-refractivity contribution in [2.24, 2.45) is 4.99 Å². The van der Waals surface area contributed by atoms with Gasteiger partial charge in [-0.2, -0.15) is 0 Å². The lowest BCUT2D eigenvalue weighted by molar-refractivity contribution is -0.373. The molecule has 2 aromatic rings. The Hall–Kier alpha value is -2.46. The van der Waals surface area contributed by atoms with Crippen LogP contribution >= 0.6 is 0 Å². The third-order valence-electron chi connectivity index (χ3n) is 5.18. The van der Waals surface area contributed by atoms with Gasteiger partial charge in [-0.15, -0.1) is 0 Å². The highest BCUT2D eigenvalue weighted by atomic mass is 16.8. The van der Waals surface area contributed by atoms with Gasteiger partial charge in [0.1, 0.15) is 0 Å². The molecular formula is C20H19NO3. The van der Waals surface area contributed by atoms with E-state index in [1.807, 2.05) is 74.5 Å². The number of carbonyl (C=O) groups is 1. The smallest absolute Gasteiger partial charge is 0.239 e. The van der Waals surface area contributed by atoms with E-state index in [0.29, 0.717) is 11.5 Å². The fourth-order valence-electron chi connectivity index (χ4n) is 3.89. The van der Waals surface area contributed by atoms with E-state index in [1.165, 1.54) is 0 Å². The Labute approximate surface area is 141 Å². The van der Waals surface area contributed by atoms with Crippen LogP contribution in [0.3, 0.4) is 0 Å². The third kappa shape index (κ3) is 1.66. The highest BCUT2D eigenvalue weighted by Gasteiger charge is 2.80. The highest BCUT2D eigenvalue weighted by Crippen LogP contribution is 2.62. The predicted octanol–water partition coefficient (Wildman–Crippen LogP) is 3.72. The van der Waals surface area contributed by atoms with Crippen molar-refractivity contribution in [1.29, 1.82) is 0 Å². The first kappa shape index (κ1) is 15.1. The average molecular weight is 321 g/mol. The highest BCUT2D eigenvalue weighted by molar-refractivity contribution is 6.06. The number of rotatable bonds is 3. The van der Waals surface area contributed by atoms with Gasteiger partial charge in [0.05, 0.1) is 0 Å². The van der Waals surface area contributed by atoms with Gasteiger partial charge in [0, 0.05) is 19.4 Å². The van der Waals surface area contributed by atoms with Gasteiger partial charge >= 0.3 is 0 Å². The van der Waals surface area contributed by atoms with Crippen molar-refractivity contribution in [3.8, 4) is 0 Å². The zero-order chi connectivity index (χ0) is 17.0. The second kappa shape index (κ2) is 4.77. The Kier molecular flexibility index (Phi) is 3.00. The fraction of sp³-hybridized carbons (Fsp3) is 0.300. The molecule has 4 nitrogen and oxygen atoms in total. The van der Waals surface area contributed by atoms with E-state index in [2.05, 4.69) is 4.99 Å². The summed E-state index contributed by atoms with van der Waals surface area (Å²) in [5, 5.41) is 0. The van der Waals surface area contributed by atoms with Crippen LogP contribution in [0.25, 0.3) is 0 Å². The van der Waals surface area contributed by atoms with Crippen molar-refractivity contribution in [3.63, 3.8) is 0 Å². The normalized spacial score (nSPS) is 33.9. The molecule has 0 radical (unpaired) electrons. The van der Waals surface area contributed by atoms with Crippen molar-refractivity contribution < 1.29 is 14.3 Å². The van der Waals surface area contributed by atoms with Crippen LogP contribution in [-0.2, 0) is 15.1 Å². The summed E-state index contributed by atoms with van der Waals surface area (Å²) in [7, 11) is 0. The van der Waals surface area contributed by atoms with Crippen molar-refractivity contribution in [1.82, 2.24) is 0 Å². The van der Waals surface area contributed by atoms with E-state index >= 15 is 0 Å². The summed E-state index contributed by atoms with van der Waals surface area (Å²) in [6.45, 7) is 5.56. The maximum absolute atomic E-state index is 13.5. The molecule has 0 spiro atoms. The number of hydrogen-bond acceptors (Lipinski definition) is 4. The second-order valence-corrected chi connectivity index (χ2v) is 6.60. The molecule has 0 amide bonds. The molecule has 2 heterocycles. The lowest BCUT2D eigenvalue weighted by Crippen LogP contribution is -2.78. The summed E-state index contributed by atoms with van der Waals surface area (Å²) < 4.78 is 12.0. The first-order valence-corrected chi connectivity index (χ1v) is 8.04. The minimum absolute atomic E-state index is 0.101. The summed E-state index contributed by atoms with van der Waals surface area (Å²) in [6.07, 6.45) is 0. The standard InChI is InChI=1S/C20H19NO3/c1-14-21-18(2)19(3,23-14)24-20(18,16-12-8-5-9-13-16)17(22)15-10-6-4-7-11-15/h4-13H,1-3H3/t18-,19-,20-/m0/s1. The average Bonchev–Trinajstić information content (AvgIpc) is 2.77. The molecule has 4 heteroatoms. The number of hydrogen-bond donors (Lipinski definition) is 0. The van der Waals surface area contributed by atoms with Gasteiger partial charge in [0.2, 0.25) is 11.6 Å². The first-order chi connectivity index (χ1) is 11.4. The molecule has 2 aromatic carbocycles. The van der Waals surface area contributed by atoms with Gasteiger partial charge in [-0.25, -0.2) is 4.99 Å². The number of ketones is 1. The topological polar surface area (TPSA) is 47.9 Å². The van der Waals surface area contributed by atoms with Crippen LogP contribution in [-0.4, -0.2) is 23.0 Å². The zero-order valence-electron chi connectivity index (χ0n) is 13.9. The summed E-state index contributed by atoms with van der Waals surface area (Å²) >= 11 is 0. The third-order valence-corrected chi connectivity index (χ3v) is 5.18. The maximum atomic E-state index is 13.5. The van der Waals surface area contributed by atoms with Crippen LogP contribution < -0.4 is 0 Å². The Morgan fingerprint density at radius 1 is 0.958 bits per heavy atom. The van der Waals surface area contributed by atoms with Crippen LogP contribution in [0, 0.1) is 0 Å². The summed E-state index contributed by atoms with van der Waals surface area (Å²) in [4.78, 5) is 18.2. The molecule has 0 aliphatic carbocycles. The molecule has 1 fully saturated rings. The Morgan fingerprint density at radius 2 is 1.54 bits per heavy atom. The number of fused-ring (bicyclic) bond motifs is 1. The van der Waals surface area contributed by atoms with E-state index < -0.39 is 16.9 Å². The van der Waals surface area contributed by atoms with E-state index in [4.69, 9.17) is 9.47 Å². The number of carbonyl (C=O) groups excluding carboxylic acids is 1. The summed E-state index contributed by atoms with van der Waals surface area (Å²) in [5.41, 5.74) is -0.620. The summed E-state index contributed by atoms with van der Waals surface area (Å²) in [6, 6.07) is 18.8. The van der Waals surface area contributed by atoms with Crippen molar-refractivity contribution >= 4 is 11.7 Å². The zero-order valence-corrected chi connectivity index (χ0v) is 13.9. The van der Waals surface area contributed by atoms with Gasteiger partial charge in [0.25, 0.3) is 0 Å². The van der Waals surface area contributed by atoms with Gasteiger partial charge in [0.15, 0.2) is 17.0 Å². The SMILES string of the molecule is CC1=N[C@@]2(C)[C@@](C)(O1)O[C@]2(C(=O)c1ccccc1)c1ccccc1.